The predicted octanol–water partition coefficient (Wildman–Crippen LogP) is 3.26. The molecular weight excluding hydrogens is 284 g/mol. The Labute approximate surface area is 126 Å². The molecule has 0 saturated carbocycles. The first-order chi connectivity index (χ1) is 10.2. The topological polar surface area (TPSA) is 55.0 Å². The molecule has 0 bridgehead atoms. The number of thiazole rings is 1. The van der Waals surface area contributed by atoms with Crippen LogP contribution in [0.25, 0.3) is 10.9 Å². The van der Waals surface area contributed by atoms with Crippen molar-refractivity contribution >= 4 is 28.2 Å². The smallest absolute Gasteiger partial charge is 0.311 e. The van der Waals surface area contributed by atoms with Gasteiger partial charge in [0, 0.05) is 28.9 Å². The van der Waals surface area contributed by atoms with Crippen LogP contribution in [0.5, 0.6) is 0 Å². The average Bonchev–Trinajstić information content (AvgIpc) is 3.06. The van der Waals surface area contributed by atoms with Gasteiger partial charge in [0.25, 0.3) is 0 Å². The highest BCUT2D eigenvalue weighted by molar-refractivity contribution is 7.09. The molecule has 0 aliphatic carbocycles. The molecule has 0 radical (unpaired) electrons. The maximum Gasteiger partial charge on any atom is 0.311 e. The van der Waals surface area contributed by atoms with Crippen LogP contribution in [0.3, 0.4) is 0 Å². The fourth-order valence-corrected chi connectivity index (χ4v) is 2.91. The molecule has 0 fully saturated rings. The van der Waals surface area contributed by atoms with E-state index in [9.17, 15) is 4.79 Å². The van der Waals surface area contributed by atoms with E-state index in [2.05, 4.69) is 16.0 Å². The molecule has 0 aliphatic rings. The molecule has 0 atom stereocenters. The molecule has 0 aliphatic heterocycles. The maximum atomic E-state index is 11.7. The van der Waals surface area contributed by atoms with Gasteiger partial charge in [0.15, 0.2) is 0 Å². The lowest BCUT2D eigenvalue weighted by Gasteiger charge is -2.03. The third kappa shape index (κ3) is 3.31. The summed E-state index contributed by atoms with van der Waals surface area (Å²) in [6.07, 6.45) is 2.94. The number of ether oxygens (including phenoxy) is 1. The summed E-state index contributed by atoms with van der Waals surface area (Å²) < 4.78 is 5.29. The van der Waals surface area contributed by atoms with Gasteiger partial charge < -0.3 is 9.72 Å². The second-order valence-electron chi connectivity index (χ2n) is 4.86. The second-order valence-corrected chi connectivity index (χ2v) is 5.93. The molecule has 21 heavy (non-hydrogen) atoms. The number of nitrogens with one attached hydrogen (secondary N) is 1. The van der Waals surface area contributed by atoms with E-state index in [-0.39, 0.29) is 12.4 Å². The third-order valence-corrected chi connectivity index (χ3v) is 4.12. The molecule has 1 aromatic carbocycles. The SMILES string of the molecule is Cc1nc(CC(=O)OCCc2c[nH]c3ccccc23)cs1. The van der Waals surface area contributed by atoms with E-state index in [4.69, 9.17) is 4.74 Å². The number of benzene rings is 1. The van der Waals surface area contributed by atoms with E-state index in [0.29, 0.717) is 13.0 Å². The molecule has 0 unspecified atom stereocenters. The number of carbonyl (C=O) groups is 1. The van der Waals surface area contributed by atoms with Crippen LogP contribution in [0.4, 0.5) is 0 Å². The fraction of sp³-hybridized carbons (Fsp3) is 0.250. The second kappa shape index (κ2) is 6.10. The van der Waals surface area contributed by atoms with Crippen molar-refractivity contribution in [3.05, 3.63) is 52.1 Å². The van der Waals surface area contributed by atoms with Gasteiger partial charge in [-0.1, -0.05) is 18.2 Å². The quantitative estimate of drug-likeness (QED) is 0.736. The van der Waals surface area contributed by atoms with Crippen LogP contribution < -0.4 is 0 Å². The summed E-state index contributed by atoms with van der Waals surface area (Å²) in [5.41, 5.74) is 3.06. The van der Waals surface area contributed by atoms with Gasteiger partial charge in [-0.2, -0.15) is 0 Å². The van der Waals surface area contributed by atoms with Crippen molar-refractivity contribution < 1.29 is 9.53 Å². The molecule has 0 spiro atoms. The van der Waals surface area contributed by atoms with Gasteiger partial charge in [-0.25, -0.2) is 4.98 Å². The fourth-order valence-electron chi connectivity index (χ4n) is 2.30. The van der Waals surface area contributed by atoms with Gasteiger partial charge in [-0.15, -0.1) is 11.3 Å². The number of nitrogens with zero attached hydrogens (tertiary/aromatic N) is 1. The number of carbonyl (C=O) groups excluding carboxylic acids is 1. The molecule has 0 saturated heterocycles. The number of rotatable bonds is 5. The lowest BCUT2D eigenvalue weighted by molar-refractivity contribution is -0.142. The molecule has 3 rings (SSSR count). The van der Waals surface area contributed by atoms with E-state index in [1.165, 1.54) is 10.9 Å². The van der Waals surface area contributed by atoms with Crippen molar-refractivity contribution in [3.63, 3.8) is 0 Å². The molecule has 2 aromatic heterocycles. The predicted molar refractivity (Wildman–Crippen MR) is 83.5 cm³/mol. The first-order valence-electron chi connectivity index (χ1n) is 6.84. The van der Waals surface area contributed by atoms with E-state index in [1.54, 1.807) is 11.3 Å². The minimum atomic E-state index is -0.222. The summed E-state index contributed by atoms with van der Waals surface area (Å²) in [6, 6.07) is 8.12. The first kappa shape index (κ1) is 13.8. The van der Waals surface area contributed by atoms with Gasteiger partial charge in [-0.3, -0.25) is 4.79 Å². The third-order valence-electron chi connectivity index (χ3n) is 3.30. The number of aromatic nitrogens is 2. The zero-order chi connectivity index (χ0) is 14.7. The number of aromatic amines is 1. The average molecular weight is 300 g/mol. The van der Waals surface area contributed by atoms with Crippen LogP contribution >= 0.6 is 11.3 Å². The number of esters is 1. The number of hydrogen-bond donors (Lipinski definition) is 1. The molecule has 5 heteroatoms. The first-order valence-corrected chi connectivity index (χ1v) is 7.72. The Balaban J connectivity index is 1.53. The van der Waals surface area contributed by atoms with Gasteiger partial charge in [-0.05, 0) is 18.6 Å². The summed E-state index contributed by atoms with van der Waals surface area (Å²) in [7, 11) is 0. The number of hydrogen-bond acceptors (Lipinski definition) is 4. The van der Waals surface area contributed by atoms with Crippen LogP contribution in [0, 0.1) is 6.92 Å². The summed E-state index contributed by atoms with van der Waals surface area (Å²) in [4.78, 5) is 19.2. The Morgan fingerprint density at radius 1 is 1.38 bits per heavy atom. The van der Waals surface area contributed by atoms with Crippen molar-refractivity contribution in [2.45, 2.75) is 19.8 Å². The van der Waals surface area contributed by atoms with E-state index < -0.39 is 0 Å². The highest BCUT2D eigenvalue weighted by Crippen LogP contribution is 2.18. The van der Waals surface area contributed by atoms with Crippen molar-refractivity contribution in [1.29, 1.82) is 0 Å². The summed E-state index contributed by atoms with van der Waals surface area (Å²) in [5, 5.41) is 4.05. The minimum absolute atomic E-state index is 0.222. The number of H-pyrrole nitrogens is 1. The lowest BCUT2D eigenvalue weighted by atomic mass is 10.1. The monoisotopic (exact) mass is 300 g/mol. The summed E-state index contributed by atoms with van der Waals surface area (Å²) in [5.74, 6) is -0.222. The standard InChI is InChI=1S/C16H16N2O2S/c1-11-18-13(10-21-11)8-16(19)20-7-6-12-9-17-15-5-3-2-4-14(12)15/h2-5,9-10,17H,6-8H2,1H3. The van der Waals surface area contributed by atoms with E-state index >= 15 is 0 Å². The Hall–Kier alpha value is -2.14. The Morgan fingerprint density at radius 3 is 3.05 bits per heavy atom. The van der Waals surface area contributed by atoms with Crippen molar-refractivity contribution in [1.82, 2.24) is 9.97 Å². The minimum Gasteiger partial charge on any atom is -0.465 e. The van der Waals surface area contributed by atoms with Gasteiger partial charge >= 0.3 is 5.97 Å². The number of fused-ring (bicyclic) bond motifs is 1. The molecule has 108 valence electrons. The normalized spacial score (nSPS) is 10.9. The maximum absolute atomic E-state index is 11.7. The molecule has 0 amide bonds. The van der Waals surface area contributed by atoms with Gasteiger partial charge in [0.2, 0.25) is 0 Å². The molecular formula is C16H16N2O2S. The Kier molecular flexibility index (Phi) is 4.01. The van der Waals surface area contributed by atoms with Crippen molar-refractivity contribution in [2.75, 3.05) is 6.61 Å². The lowest BCUT2D eigenvalue weighted by Crippen LogP contribution is -2.10. The van der Waals surface area contributed by atoms with Crippen LogP contribution in [0.1, 0.15) is 16.3 Å². The highest BCUT2D eigenvalue weighted by atomic mass is 32.1. The number of aryl methyl sites for hydroxylation is 1. The van der Waals surface area contributed by atoms with Crippen LogP contribution in [0.2, 0.25) is 0 Å². The number of para-hydroxylation sites is 1. The zero-order valence-corrected chi connectivity index (χ0v) is 12.6. The molecule has 3 aromatic rings. The molecule has 2 heterocycles. The summed E-state index contributed by atoms with van der Waals surface area (Å²) in [6.45, 7) is 2.32. The van der Waals surface area contributed by atoms with Crippen LogP contribution in [-0.2, 0) is 22.4 Å². The zero-order valence-electron chi connectivity index (χ0n) is 11.8. The molecule has 1 N–H and O–H groups in total. The van der Waals surface area contributed by atoms with E-state index in [1.807, 2.05) is 36.7 Å². The van der Waals surface area contributed by atoms with Crippen molar-refractivity contribution in [3.8, 4) is 0 Å². The van der Waals surface area contributed by atoms with E-state index in [0.717, 1.165) is 16.2 Å². The Morgan fingerprint density at radius 2 is 2.24 bits per heavy atom. The largest absolute Gasteiger partial charge is 0.465 e. The Bertz CT molecular complexity index is 760. The summed E-state index contributed by atoms with van der Waals surface area (Å²) >= 11 is 1.55. The van der Waals surface area contributed by atoms with Crippen LogP contribution in [-0.4, -0.2) is 22.5 Å². The van der Waals surface area contributed by atoms with Crippen molar-refractivity contribution in [2.24, 2.45) is 0 Å². The van der Waals surface area contributed by atoms with Gasteiger partial charge in [0.05, 0.1) is 23.7 Å². The van der Waals surface area contributed by atoms with Crippen LogP contribution in [0.15, 0.2) is 35.8 Å². The highest BCUT2D eigenvalue weighted by Gasteiger charge is 2.09. The molecule has 4 nitrogen and oxygen atoms in total. The van der Waals surface area contributed by atoms with Gasteiger partial charge in [0.1, 0.15) is 0 Å².